The van der Waals surface area contributed by atoms with Crippen LogP contribution in [0.1, 0.15) is 11.1 Å². The van der Waals surface area contributed by atoms with Gasteiger partial charge < -0.3 is 5.32 Å². The van der Waals surface area contributed by atoms with Crippen LogP contribution < -0.4 is 14.3 Å². The highest BCUT2D eigenvalue weighted by molar-refractivity contribution is 7.92. The minimum absolute atomic E-state index is 0.0145. The summed E-state index contributed by atoms with van der Waals surface area (Å²) in [5.41, 5.74) is 2.41. The van der Waals surface area contributed by atoms with E-state index in [1.807, 2.05) is 13.0 Å². The molecule has 0 saturated carbocycles. The number of aryl methyl sites for hydroxylation is 1. The molecule has 2 aromatic carbocycles. The molecular formula is C22H24N4O5S2. The predicted octanol–water partition coefficient (Wildman–Crippen LogP) is 2.90. The summed E-state index contributed by atoms with van der Waals surface area (Å²) in [6.45, 7) is 3.22. The van der Waals surface area contributed by atoms with Crippen molar-refractivity contribution in [1.82, 2.24) is 4.98 Å². The standard InChI is InChI=1S/C22H24N4O5S2/c1-16-7-6-8-20(17(16)2)26(32(3,28)29)15-22(27)24-18-10-12-19(13-11-18)33(30,31)25-21-9-4-5-14-23-21/h4-14H,15H2,1-3H3,(H,23,25)(H,24,27). The lowest BCUT2D eigenvalue weighted by molar-refractivity contribution is -0.114. The van der Waals surface area contributed by atoms with E-state index in [0.29, 0.717) is 11.4 Å². The van der Waals surface area contributed by atoms with Crippen LogP contribution in [0.5, 0.6) is 0 Å². The molecule has 1 heterocycles. The molecule has 3 rings (SSSR count). The molecule has 0 aliphatic carbocycles. The molecular weight excluding hydrogens is 464 g/mol. The lowest BCUT2D eigenvalue weighted by Crippen LogP contribution is -2.38. The van der Waals surface area contributed by atoms with Crippen molar-refractivity contribution >= 4 is 43.1 Å². The van der Waals surface area contributed by atoms with E-state index in [9.17, 15) is 21.6 Å². The van der Waals surface area contributed by atoms with Crippen LogP contribution in [0.25, 0.3) is 0 Å². The Labute approximate surface area is 193 Å². The first-order valence-electron chi connectivity index (χ1n) is 9.85. The van der Waals surface area contributed by atoms with Crippen molar-refractivity contribution < 1.29 is 21.6 Å². The average molecular weight is 489 g/mol. The summed E-state index contributed by atoms with van der Waals surface area (Å²) in [4.78, 5) is 16.5. The Balaban J connectivity index is 1.74. The lowest BCUT2D eigenvalue weighted by Gasteiger charge is -2.24. The first-order chi connectivity index (χ1) is 15.5. The van der Waals surface area contributed by atoms with Crippen LogP contribution in [-0.4, -0.2) is 40.5 Å². The molecule has 3 aromatic rings. The van der Waals surface area contributed by atoms with Gasteiger partial charge in [0, 0.05) is 11.9 Å². The molecule has 2 N–H and O–H groups in total. The third-order valence-corrected chi connectivity index (χ3v) is 7.38. The van der Waals surface area contributed by atoms with Crippen LogP contribution in [0, 0.1) is 13.8 Å². The van der Waals surface area contributed by atoms with E-state index in [0.717, 1.165) is 21.7 Å². The van der Waals surface area contributed by atoms with Gasteiger partial charge >= 0.3 is 0 Å². The molecule has 0 radical (unpaired) electrons. The summed E-state index contributed by atoms with van der Waals surface area (Å²) in [5, 5.41) is 2.60. The fourth-order valence-electron chi connectivity index (χ4n) is 3.05. The van der Waals surface area contributed by atoms with Crippen molar-refractivity contribution in [2.45, 2.75) is 18.7 Å². The fourth-order valence-corrected chi connectivity index (χ4v) is 4.97. The van der Waals surface area contributed by atoms with Crippen molar-refractivity contribution in [2.75, 3.05) is 27.1 Å². The van der Waals surface area contributed by atoms with Crippen LogP contribution in [0.2, 0.25) is 0 Å². The lowest BCUT2D eigenvalue weighted by atomic mass is 10.1. The van der Waals surface area contributed by atoms with Gasteiger partial charge in [-0.3, -0.25) is 13.8 Å². The number of carbonyl (C=O) groups excluding carboxylic acids is 1. The van der Waals surface area contributed by atoms with Crippen molar-refractivity contribution in [3.63, 3.8) is 0 Å². The predicted molar refractivity (Wildman–Crippen MR) is 128 cm³/mol. The van der Waals surface area contributed by atoms with Crippen LogP contribution >= 0.6 is 0 Å². The molecule has 0 bridgehead atoms. The van der Waals surface area contributed by atoms with Crippen LogP contribution in [0.3, 0.4) is 0 Å². The molecule has 11 heteroatoms. The monoisotopic (exact) mass is 488 g/mol. The zero-order chi connectivity index (χ0) is 24.2. The molecule has 0 unspecified atom stereocenters. The number of hydrogen-bond acceptors (Lipinski definition) is 6. The molecule has 1 aromatic heterocycles. The summed E-state index contributed by atoms with van der Waals surface area (Å²) >= 11 is 0. The number of nitrogens with one attached hydrogen (secondary N) is 2. The molecule has 0 atom stereocenters. The first kappa shape index (κ1) is 24.2. The number of benzene rings is 2. The number of pyridine rings is 1. The van der Waals surface area contributed by atoms with E-state index in [4.69, 9.17) is 0 Å². The second-order valence-electron chi connectivity index (χ2n) is 7.38. The maximum absolute atomic E-state index is 12.6. The minimum atomic E-state index is -3.85. The van der Waals surface area contributed by atoms with Crippen molar-refractivity contribution in [1.29, 1.82) is 0 Å². The third-order valence-electron chi connectivity index (χ3n) is 4.88. The van der Waals surface area contributed by atoms with Crippen molar-refractivity contribution in [3.05, 3.63) is 78.0 Å². The van der Waals surface area contributed by atoms with Gasteiger partial charge in [-0.25, -0.2) is 21.8 Å². The molecule has 9 nitrogen and oxygen atoms in total. The van der Waals surface area contributed by atoms with Gasteiger partial charge in [0.1, 0.15) is 12.4 Å². The Morgan fingerprint density at radius 2 is 1.64 bits per heavy atom. The normalized spacial score (nSPS) is 11.6. The third kappa shape index (κ3) is 6.08. The Morgan fingerprint density at radius 1 is 0.939 bits per heavy atom. The second kappa shape index (κ2) is 9.59. The summed E-state index contributed by atoms with van der Waals surface area (Å²) in [7, 11) is -7.58. The number of anilines is 3. The number of nitrogens with zero attached hydrogens (tertiary/aromatic N) is 2. The highest BCUT2D eigenvalue weighted by atomic mass is 32.2. The van der Waals surface area contributed by atoms with Gasteiger partial charge in [0.15, 0.2) is 0 Å². The number of amides is 1. The topological polar surface area (TPSA) is 126 Å². The maximum Gasteiger partial charge on any atom is 0.263 e. The van der Waals surface area contributed by atoms with Gasteiger partial charge in [0.25, 0.3) is 10.0 Å². The van der Waals surface area contributed by atoms with E-state index in [-0.39, 0.29) is 10.7 Å². The smallest absolute Gasteiger partial charge is 0.263 e. The largest absolute Gasteiger partial charge is 0.325 e. The van der Waals surface area contributed by atoms with Gasteiger partial charge in [0.2, 0.25) is 15.9 Å². The zero-order valence-electron chi connectivity index (χ0n) is 18.3. The van der Waals surface area contributed by atoms with E-state index >= 15 is 0 Å². The number of aromatic nitrogens is 1. The molecule has 0 spiro atoms. The average Bonchev–Trinajstić information content (AvgIpc) is 2.74. The Hall–Kier alpha value is -3.44. The summed E-state index contributed by atoms with van der Waals surface area (Å²) < 4.78 is 53.1. The number of sulfonamides is 2. The number of rotatable bonds is 8. The summed E-state index contributed by atoms with van der Waals surface area (Å²) in [6.07, 6.45) is 2.50. The molecule has 0 fully saturated rings. The van der Waals surface area contributed by atoms with Crippen molar-refractivity contribution in [2.24, 2.45) is 0 Å². The van der Waals surface area contributed by atoms with Gasteiger partial charge in [-0.2, -0.15) is 0 Å². The molecule has 0 saturated heterocycles. The van der Waals surface area contributed by atoms with Crippen molar-refractivity contribution in [3.8, 4) is 0 Å². The van der Waals surface area contributed by atoms with Gasteiger partial charge in [-0.05, 0) is 67.4 Å². The molecule has 0 aliphatic heterocycles. The van der Waals surface area contributed by atoms with Crippen LogP contribution in [0.15, 0.2) is 71.8 Å². The summed E-state index contributed by atoms with van der Waals surface area (Å²) in [6, 6.07) is 15.6. The van der Waals surface area contributed by atoms with E-state index in [1.54, 1.807) is 31.2 Å². The Kier molecular flexibility index (Phi) is 7.04. The van der Waals surface area contributed by atoms with E-state index < -0.39 is 32.5 Å². The zero-order valence-corrected chi connectivity index (χ0v) is 19.9. The van der Waals surface area contributed by atoms with Gasteiger partial charge in [0.05, 0.1) is 16.8 Å². The highest BCUT2D eigenvalue weighted by Crippen LogP contribution is 2.25. The molecule has 33 heavy (non-hydrogen) atoms. The number of hydrogen-bond donors (Lipinski definition) is 2. The molecule has 1 amide bonds. The fraction of sp³-hybridized carbons (Fsp3) is 0.182. The van der Waals surface area contributed by atoms with Crippen LogP contribution in [-0.2, 0) is 24.8 Å². The van der Waals surface area contributed by atoms with Crippen LogP contribution in [0.4, 0.5) is 17.2 Å². The van der Waals surface area contributed by atoms with E-state index in [1.165, 1.54) is 36.5 Å². The Morgan fingerprint density at radius 3 is 2.24 bits per heavy atom. The first-order valence-corrected chi connectivity index (χ1v) is 13.2. The summed E-state index contributed by atoms with van der Waals surface area (Å²) in [5.74, 6) is -0.384. The highest BCUT2D eigenvalue weighted by Gasteiger charge is 2.23. The minimum Gasteiger partial charge on any atom is -0.325 e. The molecule has 174 valence electrons. The molecule has 0 aliphatic rings. The van der Waals surface area contributed by atoms with E-state index in [2.05, 4.69) is 15.0 Å². The number of carbonyl (C=O) groups is 1. The Bertz CT molecular complexity index is 1360. The maximum atomic E-state index is 12.6. The SMILES string of the molecule is Cc1cccc(N(CC(=O)Nc2ccc(S(=O)(=O)Nc3ccccn3)cc2)S(C)(=O)=O)c1C. The van der Waals surface area contributed by atoms with Gasteiger partial charge in [-0.15, -0.1) is 0 Å². The van der Waals surface area contributed by atoms with Gasteiger partial charge in [-0.1, -0.05) is 18.2 Å². The second-order valence-corrected chi connectivity index (χ2v) is 11.0. The quantitative estimate of drug-likeness (QED) is 0.502.